The molecule has 7 aromatic rings. The fourth-order valence-electron chi connectivity index (χ4n) is 7.41. The van der Waals surface area contributed by atoms with Gasteiger partial charge in [-0.2, -0.15) is 0 Å². The van der Waals surface area contributed by atoms with Crippen LogP contribution in [0, 0.1) is 20.8 Å². The summed E-state index contributed by atoms with van der Waals surface area (Å²) in [6.45, 7) is 11.5. The molecule has 0 unspecified atom stereocenters. The van der Waals surface area contributed by atoms with Crippen LogP contribution in [-0.2, 0) is 5.41 Å². The molecule has 1 aliphatic rings. The van der Waals surface area contributed by atoms with Gasteiger partial charge in [0.15, 0.2) is 0 Å². The van der Waals surface area contributed by atoms with Gasteiger partial charge in [0.2, 0.25) is 0 Å². The quantitative estimate of drug-likeness (QED) is 0.190. The van der Waals surface area contributed by atoms with Crippen LogP contribution in [0.4, 0.5) is 0 Å². The van der Waals surface area contributed by atoms with E-state index in [2.05, 4.69) is 138 Å². The summed E-state index contributed by atoms with van der Waals surface area (Å²) in [4.78, 5) is 1.45. The molecule has 0 saturated heterocycles. The van der Waals surface area contributed by atoms with Gasteiger partial charge in [0.05, 0.1) is 0 Å². The third-order valence-corrected chi connectivity index (χ3v) is 10.4. The van der Waals surface area contributed by atoms with E-state index in [1.54, 1.807) is 0 Å². The van der Waals surface area contributed by atoms with Crippen molar-refractivity contribution >= 4 is 43.0 Å². The number of hydrogen-bond donors (Lipinski definition) is 0. The molecule has 41 heavy (non-hydrogen) atoms. The molecule has 0 atom stereocenters. The molecule has 6 aromatic carbocycles. The van der Waals surface area contributed by atoms with E-state index in [0.717, 1.165) is 0 Å². The van der Waals surface area contributed by atoms with Crippen LogP contribution in [0.5, 0.6) is 0 Å². The Balaban J connectivity index is 1.41. The monoisotopic (exact) mass is 544 g/mol. The van der Waals surface area contributed by atoms with Crippen LogP contribution in [0.3, 0.4) is 0 Å². The second kappa shape index (κ2) is 8.65. The van der Waals surface area contributed by atoms with Gasteiger partial charge in [-0.3, -0.25) is 0 Å². The van der Waals surface area contributed by atoms with Crippen LogP contribution in [0.1, 0.15) is 41.7 Å². The molecule has 1 heteroatoms. The molecule has 0 radical (unpaired) electrons. The Hall–Kier alpha value is -4.20. The molecule has 0 spiro atoms. The minimum Gasteiger partial charge on any atom is -0.135 e. The highest BCUT2D eigenvalue weighted by Crippen LogP contribution is 2.57. The Morgan fingerprint density at radius 2 is 1.12 bits per heavy atom. The molecule has 1 aliphatic carbocycles. The van der Waals surface area contributed by atoms with Gasteiger partial charge in [0, 0.05) is 20.4 Å². The van der Waals surface area contributed by atoms with Crippen molar-refractivity contribution in [3.8, 4) is 32.7 Å². The van der Waals surface area contributed by atoms with Crippen molar-refractivity contribution in [2.75, 3.05) is 0 Å². The standard InChI is InChI=1S/C40H32S/c1-23-14-16-26(17-15-23)36-28-10-6-8-12-30(28)37(31-13-9-7-11-29(31)36)27-18-19-32-33(22-27)40(4,5)38-35-25(3)20-24(2)21-34(35)41-39(32)38/h6-22H,1-5H3. The Morgan fingerprint density at radius 1 is 0.561 bits per heavy atom. The summed E-state index contributed by atoms with van der Waals surface area (Å²) in [5.41, 5.74) is 13.5. The lowest BCUT2D eigenvalue weighted by Gasteiger charge is -2.24. The minimum absolute atomic E-state index is 0.0631. The maximum absolute atomic E-state index is 2.50. The Bertz CT molecular complexity index is 2130. The zero-order chi connectivity index (χ0) is 28.0. The predicted molar refractivity (Wildman–Crippen MR) is 179 cm³/mol. The van der Waals surface area contributed by atoms with E-state index in [9.17, 15) is 0 Å². The smallest absolute Gasteiger partial charge is 0.0399 e. The summed E-state index contributed by atoms with van der Waals surface area (Å²) in [5.74, 6) is 0. The third kappa shape index (κ3) is 3.46. The largest absolute Gasteiger partial charge is 0.135 e. The molecule has 0 aliphatic heterocycles. The Labute approximate surface area is 245 Å². The van der Waals surface area contributed by atoms with Crippen molar-refractivity contribution in [3.05, 3.63) is 131 Å². The molecule has 0 bridgehead atoms. The van der Waals surface area contributed by atoms with Crippen molar-refractivity contribution in [1.29, 1.82) is 0 Å². The van der Waals surface area contributed by atoms with Crippen molar-refractivity contribution < 1.29 is 0 Å². The van der Waals surface area contributed by atoms with Gasteiger partial charge in [-0.15, -0.1) is 11.3 Å². The normalized spacial score (nSPS) is 13.7. The first-order valence-corrected chi connectivity index (χ1v) is 15.3. The summed E-state index contributed by atoms with van der Waals surface area (Å²) in [5, 5.41) is 6.69. The summed E-state index contributed by atoms with van der Waals surface area (Å²) in [6.07, 6.45) is 0. The number of benzene rings is 6. The zero-order valence-corrected chi connectivity index (χ0v) is 25.0. The molecule has 0 N–H and O–H groups in total. The lowest BCUT2D eigenvalue weighted by Crippen LogP contribution is -2.15. The number of rotatable bonds is 2. The maximum atomic E-state index is 2.50. The molecule has 8 rings (SSSR count). The first kappa shape index (κ1) is 24.6. The number of aryl methyl sites for hydroxylation is 3. The average Bonchev–Trinajstić information content (AvgIpc) is 3.45. The van der Waals surface area contributed by atoms with E-state index in [1.807, 2.05) is 11.3 Å². The van der Waals surface area contributed by atoms with Gasteiger partial charge < -0.3 is 0 Å². The second-order valence-corrected chi connectivity index (χ2v) is 13.4. The second-order valence-electron chi connectivity index (χ2n) is 12.4. The van der Waals surface area contributed by atoms with Gasteiger partial charge in [0.1, 0.15) is 0 Å². The molecule has 0 fully saturated rings. The third-order valence-electron chi connectivity index (χ3n) is 9.26. The molecular formula is C40H32S. The first-order chi connectivity index (χ1) is 19.8. The van der Waals surface area contributed by atoms with Crippen LogP contribution in [0.15, 0.2) is 103 Å². The highest BCUT2D eigenvalue weighted by Gasteiger charge is 2.39. The van der Waals surface area contributed by atoms with Crippen LogP contribution in [0.2, 0.25) is 0 Å². The summed E-state index contributed by atoms with van der Waals surface area (Å²) in [6, 6.07) is 38.9. The molecule has 0 nitrogen and oxygen atoms in total. The van der Waals surface area contributed by atoms with Gasteiger partial charge >= 0.3 is 0 Å². The highest BCUT2D eigenvalue weighted by molar-refractivity contribution is 7.22. The van der Waals surface area contributed by atoms with E-state index < -0.39 is 0 Å². The molecule has 0 saturated carbocycles. The lowest BCUT2D eigenvalue weighted by molar-refractivity contribution is 0.667. The SMILES string of the molecule is Cc1ccc(-c2c3ccccc3c(-c3ccc4c(c3)C(C)(C)c3c-4sc4cc(C)cc(C)c34)c3ccccc23)cc1. The molecular weight excluding hydrogens is 513 g/mol. The summed E-state index contributed by atoms with van der Waals surface area (Å²) >= 11 is 1.97. The van der Waals surface area contributed by atoms with Crippen molar-refractivity contribution in [3.63, 3.8) is 0 Å². The molecule has 1 aromatic heterocycles. The molecule has 1 heterocycles. The average molecular weight is 545 g/mol. The fourth-order valence-corrected chi connectivity index (χ4v) is 8.99. The van der Waals surface area contributed by atoms with Gasteiger partial charge in [-0.05, 0) is 105 Å². The minimum atomic E-state index is -0.0631. The Morgan fingerprint density at radius 3 is 1.73 bits per heavy atom. The molecule has 0 amide bonds. The maximum Gasteiger partial charge on any atom is 0.0399 e. The van der Waals surface area contributed by atoms with Crippen molar-refractivity contribution in [1.82, 2.24) is 0 Å². The van der Waals surface area contributed by atoms with E-state index in [-0.39, 0.29) is 5.41 Å². The predicted octanol–water partition coefficient (Wildman–Crippen LogP) is 11.8. The van der Waals surface area contributed by atoms with Crippen LogP contribution < -0.4 is 0 Å². The van der Waals surface area contributed by atoms with E-state index >= 15 is 0 Å². The van der Waals surface area contributed by atoms with E-state index in [1.165, 1.54) is 92.1 Å². The number of hydrogen-bond acceptors (Lipinski definition) is 1. The van der Waals surface area contributed by atoms with Crippen LogP contribution in [0.25, 0.3) is 64.3 Å². The van der Waals surface area contributed by atoms with Crippen molar-refractivity contribution in [2.24, 2.45) is 0 Å². The Kier molecular flexibility index (Phi) is 5.19. The van der Waals surface area contributed by atoms with E-state index in [0.29, 0.717) is 0 Å². The fraction of sp³-hybridized carbons (Fsp3) is 0.150. The van der Waals surface area contributed by atoms with E-state index in [4.69, 9.17) is 0 Å². The number of thiophene rings is 1. The van der Waals surface area contributed by atoms with Crippen LogP contribution >= 0.6 is 11.3 Å². The first-order valence-electron chi connectivity index (χ1n) is 14.5. The van der Waals surface area contributed by atoms with Crippen molar-refractivity contribution in [2.45, 2.75) is 40.0 Å². The van der Waals surface area contributed by atoms with Crippen LogP contribution in [-0.4, -0.2) is 0 Å². The van der Waals surface area contributed by atoms with Gasteiger partial charge in [-0.25, -0.2) is 0 Å². The molecule has 198 valence electrons. The lowest BCUT2D eigenvalue weighted by atomic mass is 9.79. The van der Waals surface area contributed by atoms with Gasteiger partial charge in [0.25, 0.3) is 0 Å². The zero-order valence-electron chi connectivity index (χ0n) is 24.2. The summed E-state index contributed by atoms with van der Waals surface area (Å²) < 4.78 is 1.42. The number of fused-ring (bicyclic) bond motifs is 7. The summed E-state index contributed by atoms with van der Waals surface area (Å²) in [7, 11) is 0. The highest BCUT2D eigenvalue weighted by atomic mass is 32.1. The topological polar surface area (TPSA) is 0 Å². The van der Waals surface area contributed by atoms with Gasteiger partial charge in [-0.1, -0.05) is 110 Å².